The second kappa shape index (κ2) is 11.9. The Kier molecular flexibility index (Phi) is 8.22. The highest BCUT2D eigenvalue weighted by molar-refractivity contribution is 8.00. The molecule has 3 aromatic carbocycles. The molecule has 4 rings (SSSR count). The molecule has 0 aliphatic rings. The lowest BCUT2D eigenvalue weighted by atomic mass is 9.99. The van der Waals surface area contributed by atoms with Crippen molar-refractivity contribution in [2.24, 2.45) is 0 Å². The fourth-order valence-corrected chi connectivity index (χ4v) is 4.42. The third-order valence-electron chi connectivity index (χ3n) is 5.36. The van der Waals surface area contributed by atoms with E-state index in [1.54, 1.807) is 31.4 Å². The quantitative estimate of drug-likeness (QED) is 0.270. The highest BCUT2D eigenvalue weighted by Crippen LogP contribution is 2.34. The molecule has 4 aromatic rings. The van der Waals surface area contributed by atoms with E-state index >= 15 is 0 Å². The number of hydrogen-bond acceptors (Lipinski definition) is 6. The molecule has 1 aromatic heterocycles. The van der Waals surface area contributed by atoms with Crippen LogP contribution in [0.15, 0.2) is 90.0 Å². The molecule has 0 aliphatic heterocycles. The van der Waals surface area contributed by atoms with E-state index in [0.717, 1.165) is 22.4 Å². The molecular weight excluding hydrogens is 470 g/mol. The van der Waals surface area contributed by atoms with Gasteiger partial charge in [0.2, 0.25) is 5.91 Å². The van der Waals surface area contributed by atoms with Crippen molar-refractivity contribution in [1.29, 1.82) is 5.26 Å². The summed E-state index contributed by atoms with van der Waals surface area (Å²) in [7, 11) is 1.59. The minimum atomic E-state index is -0.191. The van der Waals surface area contributed by atoms with Gasteiger partial charge < -0.3 is 14.8 Å². The molecular formula is C29H25N3O3S. The van der Waals surface area contributed by atoms with E-state index in [-0.39, 0.29) is 11.7 Å². The van der Waals surface area contributed by atoms with Crippen LogP contribution in [-0.2, 0) is 4.79 Å². The predicted molar refractivity (Wildman–Crippen MR) is 143 cm³/mol. The molecule has 0 saturated heterocycles. The van der Waals surface area contributed by atoms with Gasteiger partial charge in [-0.3, -0.25) is 4.79 Å². The van der Waals surface area contributed by atoms with Gasteiger partial charge in [-0.05, 0) is 67.1 Å². The fourth-order valence-electron chi connectivity index (χ4n) is 3.62. The van der Waals surface area contributed by atoms with E-state index < -0.39 is 0 Å². The number of nitrogens with zero attached hydrogens (tertiary/aromatic N) is 2. The Morgan fingerprint density at radius 3 is 2.31 bits per heavy atom. The Labute approximate surface area is 214 Å². The number of methoxy groups -OCH3 is 1. The highest BCUT2D eigenvalue weighted by atomic mass is 32.2. The Balaban J connectivity index is 1.64. The molecule has 0 unspecified atom stereocenters. The van der Waals surface area contributed by atoms with Gasteiger partial charge >= 0.3 is 0 Å². The molecule has 0 aliphatic carbocycles. The molecule has 0 bridgehead atoms. The number of carbonyl (C=O) groups excluding carboxylic acids is 1. The van der Waals surface area contributed by atoms with Crippen LogP contribution in [0, 0.1) is 11.3 Å². The van der Waals surface area contributed by atoms with Crippen LogP contribution < -0.4 is 14.8 Å². The first-order valence-electron chi connectivity index (χ1n) is 11.4. The van der Waals surface area contributed by atoms with Gasteiger partial charge in [0.05, 0.1) is 30.7 Å². The van der Waals surface area contributed by atoms with Crippen LogP contribution in [0.5, 0.6) is 11.5 Å². The average molecular weight is 496 g/mol. The van der Waals surface area contributed by atoms with E-state index in [9.17, 15) is 10.1 Å². The summed E-state index contributed by atoms with van der Waals surface area (Å²) in [5.41, 5.74) is 4.41. The number of hydrogen-bond donors (Lipinski definition) is 1. The van der Waals surface area contributed by atoms with Gasteiger partial charge in [-0.2, -0.15) is 5.26 Å². The summed E-state index contributed by atoms with van der Waals surface area (Å²) in [5.74, 6) is 1.41. The smallest absolute Gasteiger partial charge is 0.234 e. The predicted octanol–water partition coefficient (Wildman–Crippen LogP) is 6.43. The summed E-state index contributed by atoms with van der Waals surface area (Å²) >= 11 is 1.24. The van der Waals surface area contributed by atoms with E-state index in [1.807, 2.05) is 67.6 Å². The maximum absolute atomic E-state index is 12.7. The summed E-state index contributed by atoms with van der Waals surface area (Å²) in [6, 6.07) is 28.8. The van der Waals surface area contributed by atoms with E-state index in [4.69, 9.17) is 14.5 Å². The maximum Gasteiger partial charge on any atom is 0.234 e. The van der Waals surface area contributed by atoms with Gasteiger partial charge in [0, 0.05) is 16.8 Å². The monoisotopic (exact) mass is 495 g/mol. The number of benzene rings is 3. The lowest BCUT2D eigenvalue weighted by molar-refractivity contribution is -0.113. The second-order valence-corrected chi connectivity index (χ2v) is 8.70. The number of pyridine rings is 1. The zero-order valence-corrected chi connectivity index (χ0v) is 20.8. The minimum absolute atomic E-state index is 0.106. The Hall–Kier alpha value is -4.28. The molecule has 1 N–H and O–H groups in total. The van der Waals surface area contributed by atoms with E-state index in [1.165, 1.54) is 11.8 Å². The van der Waals surface area contributed by atoms with Crippen LogP contribution >= 0.6 is 11.8 Å². The summed E-state index contributed by atoms with van der Waals surface area (Å²) in [4.78, 5) is 17.4. The molecule has 180 valence electrons. The van der Waals surface area contributed by atoms with Crippen molar-refractivity contribution in [1.82, 2.24) is 4.98 Å². The Morgan fingerprint density at radius 2 is 1.67 bits per heavy atom. The molecule has 0 fully saturated rings. The van der Waals surface area contributed by atoms with Crippen LogP contribution in [0.25, 0.3) is 22.4 Å². The van der Waals surface area contributed by atoms with Gasteiger partial charge in [0.15, 0.2) is 0 Å². The number of aromatic nitrogens is 1. The van der Waals surface area contributed by atoms with Crippen LogP contribution in [0.4, 0.5) is 5.69 Å². The summed E-state index contributed by atoms with van der Waals surface area (Å²) < 4.78 is 10.7. The number of anilines is 1. The Bertz CT molecular complexity index is 1370. The van der Waals surface area contributed by atoms with Crippen LogP contribution in [0.3, 0.4) is 0 Å². The van der Waals surface area contributed by atoms with Gasteiger partial charge in [-0.1, -0.05) is 42.1 Å². The first-order chi connectivity index (χ1) is 17.6. The summed E-state index contributed by atoms with van der Waals surface area (Å²) in [6.07, 6.45) is 0. The standard InChI is InChI=1S/C29H25N3O3S/c1-3-35-24-13-9-21(10-14-24)27-17-25(20-7-5-4-6-8-20)26(18-30)29(32-27)36-19-28(33)31-22-11-15-23(34-2)16-12-22/h4-17H,3,19H2,1-2H3,(H,31,33). The van der Waals surface area contributed by atoms with Crippen molar-refractivity contribution in [3.8, 4) is 40.0 Å². The topological polar surface area (TPSA) is 84.2 Å². The molecule has 0 atom stereocenters. The number of thioether (sulfide) groups is 1. The zero-order valence-electron chi connectivity index (χ0n) is 20.0. The average Bonchev–Trinajstić information content (AvgIpc) is 2.93. The molecule has 6 nitrogen and oxygen atoms in total. The number of nitriles is 1. The fraction of sp³-hybridized carbons (Fsp3) is 0.138. The lowest BCUT2D eigenvalue weighted by Gasteiger charge is -2.13. The summed E-state index contributed by atoms with van der Waals surface area (Å²) in [6.45, 7) is 2.53. The van der Waals surface area contributed by atoms with E-state index in [0.29, 0.717) is 34.3 Å². The molecule has 1 heterocycles. The molecule has 0 radical (unpaired) electrons. The molecule has 0 saturated carbocycles. The maximum atomic E-state index is 12.7. The molecule has 1 amide bonds. The van der Waals surface area contributed by atoms with Crippen LogP contribution in [0.2, 0.25) is 0 Å². The first-order valence-corrected chi connectivity index (χ1v) is 12.4. The zero-order chi connectivity index (χ0) is 25.3. The van der Waals surface area contributed by atoms with Crippen LogP contribution in [-0.4, -0.2) is 30.4 Å². The third kappa shape index (κ3) is 6.04. The van der Waals surface area contributed by atoms with Gasteiger partial charge in [-0.15, -0.1) is 0 Å². The second-order valence-electron chi connectivity index (χ2n) is 7.74. The van der Waals surface area contributed by atoms with Crippen LogP contribution in [0.1, 0.15) is 12.5 Å². The number of ether oxygens (including phenoxy) is 2. The first kappa shape index (κ1) is 24.8. The van der Waals surface area contributed by atoms with Gasteiger partial charge in [0.1, 0.15) is 22.6 Å². The number of carbonyl (C=O) groups is 1. The van der Waals surface area contributed by atoms with Crippen molar-refractivity contribution >= 4 is 23.4 Å². The SMILES string of the molecule is CCOc1ccc(-c2cc(-c3ccccc3)c(C#N)c(SCC(=O)Nc3ccc(OC)cc3)n2)cc1. The van der Waals surface area contributed by atoms with E-state index in [2.05, 4.69) is 11.4 Å². The molecule has 7 heteroatoms. The van der Waals surface area contributed by atoms with Crippen molar-refractivity contribution in [3.63, 3.8) is 0 Å². The highest BCUT2D eigenvalue weighted by Gasteiger charge is 2.17. The third-order valence-corrected chi connectivity index (χ3v) is 6.33. The largest absolute Gasteiger partial charge is 0.497 e. The molecule has 36 heavy (non-hydrogen) atoms. The van der Waals surface area contributed by atoms with Crippen molar-refractivity contribution in [2.75, 3.05) is 24.8 Å². The van der Waals surface area contributed by atoms with Gasteiger partial charge in [-0.25, -0.2) is 4.98 Å². The number of rotatable bonds is 9. The number of nitrogens with one attached hydrogen (secondary N) is 1. The lowest BCUT2D eigenvalue weighted by Crippen LogP contribution is -2.14. The Morgan fingerprint density at radius 1 is 0.972 bits per heavy atom. The molecule has 0 spiro atoms. The normalized spacial score (nSPS) is 10.4. The van der Waals surface area contributed by atoms with Crippen molar-refractivity contribution in [2.45, 2.75) is 11.9 Å². The minimum Gasteiger partial charge on any atom is -0.497 e. The van der Waals surface area contributed by atoms with Crippen molar-refractivity contribution in [3.05, 3.63) is 90.5 Å². The van der Waals surface area contributed by atoms with Gasteiger partial charge in [0.25, 0.3) is 0 Å². The van der Waals surface area contributed by atoms with Crippen molar-refractivity contribution < 1.29 is 14.3 Å². The summed E-state index contributed by atoms with van der Waals surface area (Å²) in [5, 5.41) is 13.4. The number of amides is 1.